The van der Waals surface area contributed by atoms with Crippen LogP contribution in [0.25, 0.3) is 11.4 Å². The maximum absolute atomic E-state index is 5.25. The molecule has 0 atom stereocenters. The predicted molar refractivity (Wildman–Crippen MR) is 84.8 cm³/mol. The van der Waals surface area contributed by atoms with E-state index in [0.29, 0.717) is 10.6 Å². The molecule has 0 amide bonds. The van der Waals surface area contributed by atoms with Gasteiger partial charge in [-0.3, -0.25) is 4.98 Å². The van der Waals surface area contributed by atoms with E-state index in [1.165, 1.54) is 0 Å². The minimum absolute atomic E-state index is 0.452. The van der Waals surface area contributed by atoms with Gasteiger partial charge in [-0.25, -0.2) is 5.10 Å². The molecule has 3 rings (SSSR count). The van der Waals surface area contributed by atoms with E-state index in [1.54, 1.807) is 23.3 Å². The number of rotatable bonds is 3. The quantitative estimate of drug-likeness (QED) is 0.596. The van der Waals surface area contributed by atoms with Crippen molar-refractivity contribution in [3.8, 4) is 11.4 Å². The second kappa shape index (κ2) is 5.80. The molecular formula is C15H13N5S. The smallest absolute Gasteiger partial charge is 0.216 e. The molecule has 0 saturated carbocycles. The van der Waals surface area contributed by atoms with Gasteiger partial charge >= 0.3 is 0 Å². The number of aromatic nitrogens is 4. The molecule has 0 aliphatic carbocycles. The minimum atomic E-state index is 0.452. The van der Waals surface area contributed by atoms with E-state index in [4.69, 9.17) is 12.2 Å². The molecule has 0 bridgehead atoms. The van der Waals surface area contributed by atoms with Crippen LogP contribution in [0.2, 0.25) is 0 Å². The topological polar surface area (TPSA) is 58.9 Å². The molecule has 0 spiro atoms. The molecule has 0 fully saturated rings. The second-order valence-electron chi connectivity index (χ2n) is 4.51. The van der Waals surface area contributed by atoms with Gasteiger partial charge in [-0.05, 0) is 30.8 Å². The average molecular weight is 295 g/mol. The van der Waals surface area contributed by atoms with Gasteiger partial charge in [0.25, 0.3) is 0 Å². The van der Waals surface area contributed by atoms with Crippen LogP contribution < -0.4 is 0 Å². The average Bonchev–Trinajstić information content (AvgIpc) is 2.88. The molecule has 2 heterocycles. The summed E-state index contributed by atoms with van der Waals surface area (Å²) in [5, 5.41) is 11.5. The van der Waals surface area contributed by atoms with Crippen molar-refractivity contribution in [2.75, 3.05) is 0 Å². The lowest BCUT2D eigenvalue weighted by molar-refractivity contribution is 0.870. The van der Waals surface area contributed by atoms with E-state index in [9.17, 15) is 0 Å². The Hall–Kier alpha value is -2.60. The van der Waals surface area contributed by atoms with Gasteiger partial charge in [0.2, 0.25) is 4.77 Å². The van der Waals surface area contributed by atoms with E-state index >= 15 is 0 Å². The summed E-state index contributed by atoms with van der Waals surface area (Å²) in [6, 6.07) is 11.8. The van der Waals surface area contributed by atoms with Gasteiger partial charge in [0, 0.05) is 23.5 Å². The van der Waals surface area contributed by atoms with Gasteiger partial charge in [0.1, 0.15) is 0 Å². The van der Waals surface area contributed by atoms with Gasteiger partial charge in [-0.1, -0.05) is 30.3 Å². The maximum Gasteiger partial charge on any atom is 0.216 e. The molecule has 1 aromatic carbocycles. The van der Waals surface area contributed by atoms with Crippen molar-refractivity contribution >= 4 is 18.4 Å². The molecule has 0 radical (unpaired) electrons. The van der Waals surface area contributed by atoms with Crippen molar-refractivity contribution in [2.24, 2.45) is 5.10 Å². The molecule has 0 unspecified atom stereocenters. The van der Waals surface area contributed by atoms with Crippen molar-refractivity contribution in [3.05, 3.63) is 64.7 Å². The highest BCUT2D eigenvalue weighted by Crippen LogP contribution is 2.21. The lowest BCUT2D eigenvalue weighted by Gasteiger charge is -2.04. The Morgan fingerprint density at radius 1 is 1.24 bits per heavy atom. The van der Waals surface area contributed by atoms with E-state index in [0.717, 1.165) is 16.7 Å². The highest BCUT2D eigenvalue weighted by molar-refractivity contribution is 7.71. The lowest BCUT2D eigenvalue weighted by atomic mass is 10.1. The Kier molecular flexibility index (Phi) is 3.70. The summed E-state index contributed by atoms with van der Waals surface area (Å²) in [6.07, 6.45) is 5.17. The summed E-state index contributed by atoms with van der Waals surface area (Å²) in [5.41, 5.74) is 3.01. The molecule has 104 valence electrons. The molecule has 0 saturated heterocycles. The highest BCUT2D eigenvalue weighted by Gasteiger charge is 2.09. The number of pyridine rings is 1. The van der Waals surface area contributed by atoms with Gasteiger partial charge in [-0.2, -0.15) is 14.9 Å². The number of aryl methyl sites for hydroxylation is 1. The molecule has 2 aromatic heterocycles. The molecule has 0 aliphatic rings. The SMILES string of the molecule is Cc1ccccc1-c1n[nH]c(=S)n1N=Cc1cccnc1. The number of H-pyrrole nitrogens is 1. The van der Waals surface area contributed by atoms with Gasteiger partial charge < -0.3 is 0 Å². The van der Waals surface area contributed by atoms with Crippen molar-refractivity contribution < 1.29 is 0 Å². The fourth-order valence-corrected chi connectivity index (χ4v) is 2.15. The van der Waals surface area contributed by atoms with Crippen LogP contribution in [0.3, 0.4) is 0 Å². The van der Waals surface area contributed by atoms with Gasteiger partial charge in [0.05, 0.1) is 6.21 Å². The number of nitrogens with zero attached hydrogens (tertiary/aromatic N) is 4. The molecule has 0 aliphatic heterocycles. The first-order chi connectivity index (χ1) is 10.3. The third-order valence-corrected chi connectivity index (χ3v) is 3.31. The first kappa shape index (κ1) is 13.4. The predicted octanol–water partition coefficient (Wildman–Crippen LogP) is 3.19. The summed E-state index contributed by atoms with van der Waals surface area (Å²) >= 11 is 5.25. The van der Waals surface area contributed by atoms with Crippen LogP contribution in [-0.4, -0.2) is 26.1 Å². The van der Waals surface area contributed by atoms with E-state index in [2.05, 4.69) is 20.3 Å². The molecule has 21 heavy (non-hydrogen) atoms. The summed E-state index contributed by atoms with van der Waals surface area (Å²) in [6.45, 7) is 2.03. The molecule has 1 N–H and O–H groups in total. The van der Waals surface area contributed by atoms with Crippen LogP contribution in [0.5, 0.6) is 0 Å². The third kappa shape index (κ3) is 2.80. The fourth-order valence-electron chi connectivity index (χ4n) is 1.97. The molecule has 6 heteroatoms. The summed E-state index contributed by atoms with van der Waals surface area (Å²) in [7, 11) is 0. The largest absolute Gasteiger partial charge is 0.264 e. The van der Waals surface area contributed by atoms with Crippen molar-refractivity contribution in [1.82, 2.24) is 19.9 Å². The zero-order chi connectivity index (χ0) is 14.7. The van der Waals surface area contributed by atoms with Crippen molar-refractivity contribution in [2.45, 2.75) is 6.92 Å². The third-order valence-electron chi connectivity index (χ3n) is 3.04. The maximum atomic E-state index is 5.25. The number of benzene rings is 1. The van der Waals surface area contributed by atoms with Crippen molar-refractivity contribution in [3.63, 3.8) is 0 Å². The summed E-state index contributed by atoms with van der Waals surface area (Å²) in [5.74, 6) is 0.693. The Labute approximate surface area is 127 Å². The monoisotopic (exact) mass is 295 g/mol. The first-order valence-corrected chi connectivity index (χ1v) is 6.84. The molecular weight excluding hydrogens is 282 g/mol. The van der Waals surface area contributed by atoms with Crippen LogP contribution >= 0.6 is 12.2 Å². The number of nitrogens with one attached hydrogen (secondary N) is 1. The Balaban J connectivity index is 2.05. The van der Waals surface area contributed by atoms with Crippen LogP contribution in [0.4, 0.5) is 0 Å². The Bertz CT molecular complexity index is 833. The number of hydrogen-bond donors (Lipinski definition) is 1. The van der Waals surface area contributed by atoms with Crippen LogP contribution in [0, 0.1) is 11.7 Å². The zero-order valence-electron chi connectivity index (χ0n) is 11.4. The number of aromatic amines is 1. The van der Waals surface area contributed by atoms with Crippen LogP contribution in [0.15, 0.2) is 53.9 Å². The Morgan fingerprint density at radius 2 is 2.10 bits per heavy atom. The van der Waals surface area contributed by atoms with E-state index < -0.39 is 0 Å². The second-order valence-corrected chi connectivity index (χ2v) is 4.90. The van der Waals surface area contributed by atoms with Crippen LogP contribution in [0.1, 0.15) is 11.1 Å². The minimum Gasteiger partial charge on any atom is -0.264 e. The van der Waals surface area contributed by atoms with Crippen molar-refractivity contribution in [1.29, 1.82) is 0 Å². The number of hydrogen-bond acceptors (Lipinski definition) is 4. The molecule has 5 nitrogen and oxygen atoms in total. The highest BCUT2D eigenvalue weighted by atomic mass is 32.1. The fraction of sp³-hybridized carbons (Fsp3) is 0.0667. The zero-order valence-corrected chi connectivity index (χ0v) is 12.2. The van der Waals surface area contributed by atoms with Gasteiger partial charge in [-0.15, -0.1) is 0 Å². The Morgan fingerprint density at radius 3 is 2.86 bits per heavy atom. The van der Waals surface area contributed by atoms with Gasteiger partial charge in [0.15, 0.2) is 5.82 Å². The normalized spacial score (nSPS) is 11.1. The summed E-state index contributed by atoms with van der Waals surface area (Å²) in [4.78, 5) is 4.05. The lowest BCUT2D eigenvalue weighted by Crippen LogP contribution is -1.96. The van der Waals surface area contributed by atoms with E-state index in [1.807, 2.05) is 43.3 Å². The van der Waals surface area contributed by atoms with Crippen LogP contribution in [-0.2, 0) is 0 Å². The van der Waals surface area contributed by atoms with E-state index in [-0.39, 0.29) is 0 Å². The molecule has 3 aromatic rings. The first-order valence-electron chi connectivity index (χ1n) is 6.43. The summed E-state index contributed by atoms with van der Waals surface area (Å²) < 4.78 is 2.07. The standard InChI is InChI=1S/C15H13N5S/c1-11-5-2-3-7-13(11)14-18-19-15(21)20(14)17-10-12-6-4-8-16-9-12/h2-10H,1H3,(H,19,21).